The van der Waals surface area contributed by atoms with Crippen LogP contribution in [0.1, 0.15) is 12.8 Å². The fourth-order valence-electron chi connectivity index (χ4n) is 2.11. The molecule has 112 valence electrons. The molecule has 1 aliphatic rings. The van der Waals surface area contributed by atoms with Crippen molar-refractivity contribution in [2.24, 2.45) is 0 Å². The number of fused-ring (bicyclic) bond motifs is 1. The molecule has 1 aliphatic heterocycles. The molecule has 3 rings (SSSR count). The molecule has 0 radical (unpaired) electrons. The largest absolute Gasteiger partial charge is 0.376 e. The van der Waals surface area contributed by atoms with E-state index in [1.54, 1.807) is 0 Å². The predicted molar refractivity (Wildman–Crippen MR) is 77.2 cm³/mol. The maximum atomic E-state index is 11.7. The molecule has 1 saturated heterocycles. The van der Waals surface area contributed by atoms with E-state index in [0.717, 1.165) is 19.4 Å². The number of nitrogens with zero attached hydrogens (tertiary/aromatic N) is 2. The summed E-state index contributed by atoms with van der Waals surface area (Å²) in [5, 5.41) is 3.20. The molecular weight excluding hydrogens is 294 g/mol. The molecule has 1 amide bonds. The number of aromatic nitrogens is 4. The van der Waals surface area contributed by atoms with Crippen molar-refractivity contribution in [3.63, 3.8) is 0 Å². The van der Waals surface area contributed by atoms with E-state index in [2.05, 4.69) is 25.3 Å². The molecule has 3 heterocycles. The van der Waals surface area contributed by atoms with Crippen LogP contribution in [0.3, 0.4) is 0 Å². The number of hydrogen-bond donors (Lipinski definition) is 3. The molecule has 0 bridgehead atoms. The minimum atomic E-state index is -0.292. The van der Waals surface area contributed by atoms with Gasteiger partial charge in [-0.1, -0.05) is 11.8 Å². The minimum absolute atomic E-state index is 0.111. The fraction of sp³-hybridized carbons (Fsp3) is 0.500. The van der Waals surface area contributed by atoms with Gasteiger partial charge in [-0.2, -0.15) is 0 Å². The highest BCUT2D eigenvalue weighted by molar-refractivity contribution is 7.99. The van der Waals surface area contributed by atoms with Gasteiger partial charge in [0.05, 0.1) is 18.2 Å². The van der Waals surface area contributed by atoms with Gasteiger partial charge >= 0.3 is 0 Å². The van der Waals surface area contributed by atoms with Crippen LogP contribution < -0.4 is 10.9 Å². The Hall–Kier alpha value is -1.87. The molecule has 1 fully saturated rings. The highest BCUT2D eigenvalue weighted by Crippen LogP contribution is 2.13. The van der Waals surface area contributed by atoms with Crippen LogP contribution >= 0.6 is 11.8 Å². The summed E-state index contributed by atoms with van der Waals surface area (Å²) in [6, 6.07) is 0. The first-order chi connectivity index (χ1) is 10.2. The van der Waals surface area contributed by atoms with Crippen molar-refractivity contribution in [2.45, 2.75) is 24.1 Å². The standard InChI is InChI=1S/C12H15N5O3S/c18-8(13-4-7-2-1-3-20-7)5-21-12-16-10-9(11(19)17-12)14-6-15-10/h6-7H,1-5H2,(H,13,18)(H2,14,15,16,17,19)/t7-/m0/s1. The Kier molecular flexibility index (Phi) is 4.20. The van der Waals surface area contributed by atoms with Gasteiger partial charge in [0.2, 0.25) is 5.91 Å². The van der Waals surface area contributed by atoms with E-state index in [4.69, 9.17) is 4.74 Å². The summed E-state index contributed by atoms with van der Waals surface area (Å²) in [6.07, 6.45) is 3.56. The quantitative estimate of drug-likeness (QED) is 0.531. The number of carbonyl (C=O) groups is 1. The van der Waals surface area contributed by atoms with Gasteiger partial charge in [-0.25, -0.2) is 9.97 Å². The van der Waals surface area contributed by atoms with Crippen LogP contribution in [0.4, 0.5) is 0 Å². The number of thioether (sulfide) groups is 1. The molecule has 21 heavy (non-hydrogen) atoms. The van der Waals surface area contributed by atoms with Crippen molar-refractivity contribution >= 4 is 28.8 Å². The fourth-order valence-corrected chi connectivity index (χ4v) is 2.79. The molecule has 0 unspecified atom stereocenters. The number of nitrogens with one attached hydrogen (secondary N) is 3. The van der Waals surface area contributed by atoms with Gasteiger partial charge in [0.1, 0.15) is 0 Å². The van der Waals surface area contributed by atoms with Gasteiger partial charge in [0, 0.05) is 13.2 Å². The normalized spacial score (nSPS) is 18.2. The van der Waals surface area contributed by atoms with E-state index in [9.17, 15) is 9.59 Å². The van der Waals surface area contributed by atoms with Crippen molar-refractivity contribution < 1.29 is 9.53 Å². The van der Waals surface area contributed by atoms with E-state index in [-0.39, 0.29) is 23.3 Å². The summed E-state index contributed by atoms with van der Waals surface area (Å²) in [6.45, 7) is 1.30. The number of ether oxygens (including phenoxy) is 1. The molecule has 0 aromatic carbocycles. The van der Waals surface area contributed by atoms with Gasteiger partial charge in [-0.15, -0.1) is 0 Å². The molecule has 0 spiro atoms. The van der Waals surface area contributed by atoms with Crippen molar-refractivity contribution in [3.05, 3.63) is 16.7 Å². The van der Waals surface area contributed by atoms with Crippen LogP contribution in [0.5, 0.6) is 0 Å². The summed E-state index contributed by atoms with van der Waals surface area (Å²) in [5.41, 5.74) is 0.392. The second-order valence-electron chi connectivity index (χ2n) is 4.70. The van der Waals surface area contributed by atoms with Crippen molar-refractivity contribution in [2.75, 3.05) is 18.9 Å². The molecule has 9 heteroatoms. The molecule has 8 nitrogen and oxygen atoms in total. The van der Waals surface area contributed by atoms with Gasteiger partial charge < -0.3 is 15.0 Å². The van der Waals surface area contributed by atoms with Crippen LogP contribution in [-0.4, -0.2) is 50.9 Å². The van der Waals surface area contributed by atoms with E-state index < -0.39 is 0 Å². The number of aromatic amines is 2. The molecular formula is C12H15N5O3S. The second-order valence-corrected chi connectivity index (χ2v) is 5.66. The summed E-state index contributed by atoms with van der Waals surface area (Å²) in [4.78, 5) is 36.9. The Morgan fingerprint density at radius 3 is 3.29 bits per heavy atom. The third-order valence-corrected chi connectivity index (χ3v) is 4.04. The number of hydrogen-bond acceptors (Lipinski definition) is 6. The summed E-state index contributed by atoms with van der Waals surface area (Å²) < 4.78 is 5.43. The molecule has 0 aliphatic carbocycles. The lowest BCUT2D eigenvalue weighted by molar-refractivity contribution is -0.119. The Labute approximate surface area is 124 Å². The number of rotatable bonds is 5. The van der Waals surface area contributed by atoms with Crippen LogP contribution in [-0.2, 0) is 9.53 Å². The van der Waals surface area contributed by atoms with E-state index in [1.807, 2.05) is 0 Å². The first kappa shape index (κ1) is 14.1. The lowest BCUT2D eigenvalue weighted by atomic mass is 10.2. The Balaban J connectivity index is 1.53. The number of amides is 1. The zero-order valence-electron chi connectivity index (χ0n) is 11.2. The Bertz CT molecular complexity index is 692. The SMILES string of the molecule is O=C(CSc1nc2nc[nH]c2c(=O)[nH]1)NC[C@@H]1CCCO1. The first-order valence-electron chi connectivity index (χ1n) is 6.67. The average molecular weight is 309 g/mol. The van der Waals surface area contributed by atoms with Gasteiger partial charge in [-0.3, -0.25) is 14.6 Å². The highest BCUT2D eigenvalue weighted by atomic mass is 32.2. The summed E-state index contributed by atoms with van der Waals surface area (Å²) in [5.74, 6) is 0.0752. The number of carbonyl (C=O) groups excluding carboxylic acids is 1. The third-order valence-electron chi connectivity index (χ3n) is 3.17. The lowest BCUT2D eigenvalue weighted by Crippen LogP contribution is -2.33. The van der Waals surface area contributed by atoms with Crippen molar-refractivity contribution in [1.82, 2.24) is 25.3 Å². The van der Waals surface area contributed by atoms with Crippen LogP contribution in [0.15, 0.2) is 16.3 Å². The third kappa shape index (κ3) is 3.42. The first-order valence-corrected chi connectivity index (χ1v) is 7.65. The monoisotopic (exact) mass is 309 g/mol. The topological polar surface area (TPSA) is 113 Å². The maximum Gasteiger partial charge on any atom is 0.277 e. The van der Waals surface area contributed by atoms with Gasteiger partial charge in [-0.05, 0) is 12.8 Å². The zero-order chi connectivity index (χ0) is 14.7. The molecule has 1 atom stereocenters. The molecule has 3 N–H and O–H groups in total. The van der Waals surface area contributed by atoms with Crippen LogP contribution in [0.2, 0.25) is 0 Å². The maximum absolute atomic E-state index is 11.7. The van der Waals surface area contributed by atoms with E-state index in [1.165, 1.54) is 18.1 Å². The number of imidazole rings is 1. The number of H-pyrrole nitrogens is 2. The van der Waals surface area contributed by atoms with E-state index >= 15 is 0 Å². The van der Waals surface area contributed by atoms with Crippen LogP contribution in [0.25, 0.3) is 11.2 Å². The van der Waals surface area contributed by atoms with Crippen molar-refractivity contribution in [1.29, 1.82) is 0 Å². The second kappa shape index (κ2) is 6.27. The summed E-state index contributed by atoms with van der Waals surface area (Å²) >= 11 is 1.17. The minimum Gasteiger partial charge on any atom is -0.376 e. The van der Waals surface area contributed by atoms with Crippen molar-refractivity contribution in [3.8, 4) is 0 Å². The van der Waals surface area contributed by atoms with Gasteiger partial charge in [0.15, 0.2) is 16.3 Å². The van der Waals surface area contributed by atoms with Crippen LogP contribution in [0, 0.1) is 0 Å². The smallest absolute Gasteiger partial charge is 0.277 e. The molecule has 2 aromatic rings. The molecule has 0 saturated carbocycles. The van der Waals surface area contributed by atoms with Gasteiger partial charge in [0.25, 0.3) is 5.56 Å². The predicted octanol–water partition coefficient (Wildman–Crippen LogP) is 0.0335. The van der Waals surface area contributed by atoms with E-state index in [0.29, 0.717) is 22.9 Å². The Morgan fingerprint density at radius 2 is 2.48 bits per heavy atom. The Morgan fingerprint density at radius 1 is 1.57 bits per heavy atom. The average Bonchev–Trinajstić information content (AvgIpc) is 3.14. The molecule has 2 aromatic heterocycles. The summed E-state index contributed by atoms with van der Waals surface area (Å²) in [7, 11) is 0. The zero-order valence-corrected chi connectivity index (χ0v) is 12.0. The highest BCUT2D eigenvalue weighted by Gasteiger charge is 2.16. The lowest BCUT2D eigenvalue weighted by Gasteiger charge is -2.10.